The van der Waals surface area contributed by atoms with Crippen LogP contribution in [0.25, 0.3) is 10.4 Å². The summed E-state index contributed by atoms with van der Waals surface area (Å²) in [4.78, 5) is 18.0. The van der Waals surface area contributed by atoms with Gasteiger partial charge < -0.3 is 11.1 Å². The van der Waals surface area contributed by atoms with Gasteiger partial charge in [0, 0.05) is 28.3 Å². The van der Waals surface area contributed by atoms with Crippen molar-refractivity contribution in [2.24, 2.45) is 10.8 Å². The first kappa shape index (κ1) is 14.4. The molecule has 0 fully saturated rings. The lowest BCUT2D eigenvalue weighted by molar-refractivity contribution is -0.120. The second-order valence-corrected chi connectivity index (χ2v) is 4.45. The van der Waals surface area contributed by atoms with Crippen LogP contribution in [0.4, 0.5) is 0 Å². The fourth-order valence-corrected chi connectivity index (χ4v) is 1.79. The van der Waals surface area contributed by atoms with Crippen molar-refractivity contribution in [1.29, 1.82) is 0 Å². The van der Waals surface area contributed by atoms with Crippen molar-refractivity contribution in [3.8, 4) is 0 Å². The van der Waals surface area contributed by atoms with E-state index in [0.29, 0.717) is 25.1 Å². The first-order valence-electron chi connectivity index (χ1n) is 5.29. The zero-order valence-electron chi connectivity index (χ0n) is 9.58. The Morgan fingerprint density at radius 1 is 1.67 bits per heavy atom. The Hall–Kier alpha value is -1.63. The van der Waals surface area contributed by atoms with Crippen molar-refractivity contribution < 1.29 is 4.79 Å². The van der Waals surface area contributed by atoms with Gasteiger partial charge in [-0.05, 0) is 46.1 Å². The summed E-state index contributed by atoms with van der Waals surface area (Å²) in [5.41, 5.74) is 14.2. The van der Waals surface area contributed by atoms with Crippen LogP contribution in [0.15, 0.2) is 28.0 Å². The molecular formula is C10H13BrN6O. The molecule has 0 radical (unpaired) electrons. The van der Waals surface area contributed by atoms with Gasteiger partial charge in [0.05, 0.1) is 0 Å². The minimum Gasteiger partial charge on any atom is -0.368 e. The molecule has 0 saturated carbocycles. The van der Waals surface area contributed by atoms with Gasteiger partial charge in [-0.3, -0.25) is 9.78 Å². The Kier molecular flexibility index (Phi) is 6.13. The van der Waals surface area contributed by atoms with E-state index in [2.05, 4.69) is 36.3 Å². The molecule has 0 aliphatic rings. The number of carbonyl (C=O) groups excluding carboxylic acids is 1. The van der Waals surface area contributed by atoms with Crippen molar-refractivity contribution >= 4 is 21.8 Å². The molecule has 18 heavy (non-hydrogen) atoms. The number of halogens is 1. The molecule has 96 valence electrons. The van der Waals surface area contributed by atoms with Gasteiger partial charge in [0.25, 0.3) is 0 Å². The first-order chi connectivity index (χ1) is 8.65. The fraction of sp³-hybridized carbons (Fsp3) is 0.400. The lowest BCUT2D eigenvalue weighted by Crippen LogP contribution is -2.34. The van der Waals surface area contributed by atoms with Crippen LogP contribution in [0, 0.1) is 0 Å². The zero-order chi connectivity index (χ0) is 13.4. The minimum atomic E-state index is -0.596. The molecular weight excluding hydrogens is 300 g/mol. The third kappa shape index (κ3) is 4.70. The van der Waals surface area contributed by atoms with Gasteiger partial charge in [-0.15, -0.1) is 0 Å². The molecule has 1 rings (SSSR count). The summed E-state index contributed by atoms with van der Waals surface area (Å²) in [6.45, 7) is 0.908. The maximum atomic E-state index is 11.4. The number of aromatic nitrogens is 1. The maximum absolute atomic E-state index is 11.4. The van der Waals surface area contributed by atoms with E-state index >= 15 is 0 Å². The van der Waals surface area contributed by atoms with Gasteiger partial charge in [0.2, 0.25) is 5.91 Å². The summed E-state index contributed by atoms with van der Waals surface area (Å²) >= 11 is 3.28. The molecule has 3 N–H and O–H groups in total. The summed E-state index contributed by atoms with van der Waals surface area (Å²) < 4.78 is 0.780. The number of nitrogens with one attached hydrogen (secondary N) is 1. The van der Waals surface area contributed by atoms with Crippen LogP contribution < -0.4 is 11.1 Å². The van der Waals surface area contributed by atoms with Crippen LogP contribution in [0.1, 0.15) is 18.0 Å². The number of azide groups is 1. The normalized spacial score (nSPS) is 11.6. The third-order valence-electron chi connectivity index (χ3n) is 2.19. The van der Waals surface area contributed by atoms with Gasteiger partial charge in [-0.25, -0.2) is 0 Å². The molecule has 1 amide bonds. The molecule has 0 aromatic carbocycles. The van der Waals surface area contributed by atoms with Gasteiger partial charge in [-0.1, -0.05) is 5.11 Å². The van der Waals surface area contributed by atoms with Crippen molar-refractivity contribution in [3.05, 3.63) is 38.9 Å². The standard InChI is InChI=1S/C10H13BrN6O/c11-8-4-7(5-14-6-8)9(10(12)18)15-2-1-3-16-17-13/h4-6,9,15H,1-3H2,(H2,12,18). The number of nitrogens with two attached hydrogens (primary N) is 1. The summed E-state index contributed by atoms with van der Waals surface area (Å²) in [5, 5.41) is 6.41. The summed E-state index contributed by atoms with van der Waals surface area (Å²) in [5.74, 6) is -0.473. The van der Waals surface area contributed by atoms with E-state index in [1.807, 2.05) is 0 Å². The highest BCUT2D eigenvalue weighted by molar-refractivity contribution is 9.10. The van der Waals surface area contributed by atoms with E-state index in [1.54, 1.807) is 18.5 Å². The molecule has 7 nitrogen and oxygen atoms in total. The molecule has 0 aliphatic heterocycles. The third-order valence-corrected chi connectivity index (χ3v) is 2.62. The van der Waals surface area contributed by atoms with Crippen LogP contribution in [0.2, 0.25) is 0 Å². The minimum absolute atomic E-state index is 0.381. The van der Waals surface area contributed by atoms with E-state index in [-0.39, 0.29) is 0 Å². The number of primary amides is 1. The highest BCUT2D eigenvalue weighted by Crippen LogP contribution is 2.16. The quantitative estimate of drug-likeness (QED) is 0.345. The van der Waals surface area contributed by atoms with E-state index in [0.717, 1.165) is 4.47 Å². The van der Waals surface area contributed by atoms with Gasteiger partial charge in [0.1, 0.15) is 6.04 Å². The second kappa shape index (κ2) is 7.65. The lowest BCUT2D eigenvalue weighted by Gasteiger charge is -2.15. The maximum Gasteiger partial charge on any atom is 0.239 e. The van der Waals surface area contributed by atoms with Crippen LogP contribution in [-0.2, 0) is 4.79 Å². The number of hydrogen-bond donors (Lipinski definition) is 2. The monoisotopic (exact) mass is 312 g/mol. The van der Waals surface area contributed by atoms with Gasteiger partial charge in [-0.2, -0.15) is 0 Å². The Morgan fingerprint density at radius 2 is 2.44 bits per heavy atom. The summed E-state index contributed by atoms with van der Waals surface area (Å²) in [6.07, 6.45) is 3.85. The number of hydrogen-bond acceptors (Lipinski definition) is 4. The molecule has 0 spiro atoms. The number of carbonyl (C=O) groups is 1. The van der Waals surface area contributed by atoms with Crippen LogP contribution in [-0.4, -0.2) is 24.0 Å². The molecule has 1 aromatic heterocycles. The summed E-state index contributed by atoms with van der Waals surface area (Å²) in [6, 6.07) is 1.18. The van der Waals surface area contributed by atoms with Gasteiger partial charge >= 0.3 is 0 Å². The van der Waals surface area contributed by atoms with Crippen molar-refractivity contribution in [1.82, 2.24) is 10.3 Å². The predicted octanol–water partition coefficient (Wildman–Crippen LogP) is 1.66. The average Bonchev–Trinajstić information content (AvgIpc) is 2.33. The van der Waals surface area contributed by atoms with Crippen molar-refractivity contribution in [2.75, 3.05) is 13.1 Å². The van der Waals surface area contributed by atoms with Crippen LogP contribution in [0.5, 0.6) is 0 Å². The van der Waals surface area contributed by atoms with E-state index in [9.17, 15) is 4.79 Å². The molecule has 0 saturated heterocycles. The number of rotatable bonds is 7. The molecule has 1 heterocycles. The van der Waals surface area contributed by atoms with Crippen LogP contribution in [0.3, 0.4) is 0 Å². The highest BCUT2D eigenvalue weighted by atomic mass is 79.9. The second-order valence-electron chi connectivity index (χ2n) is 3.53. The van der Waals surface area contributed by atoms with Gasteiger partial charge in [0.15, 0.2) is 0 Å². The summed E-state index contributed by atoms with van der Waals surface area (Å²) in [7, 11) is 0. The molecule has 1 unspecified atom stereocenters. The van der Waals surface area contributed by atoms with E-state index < -0.39 is 11.9 Å². The van der Waals surface area contributed by atoms with Crippen molar-refractivity contribution in [3.63, 3.8) is 0 Å². The number of pyridine rings is 1. The zero-order valence-corrected chi connectivity index (χ0v) is 11.2. The molecule has 0 aliphatic carbocycles. The van der Waals surface area contributed by atoms with E-state index in [1.165, 1.54) is 0 Å². The highest BCUT2D eigenvalue weighted by Gasteiger charge is 2.17. The Bertz CT molecular complexity index is 459. The Balaban J connectivity index is 2.60. The van der Waals surface area contributed by atoms with Crippen LogP contribution >= 0.6 is 15.9 Å². The fourth-order valence-electron chi connectivity index (χ4n) is 1.41. The largest absolute Gasteiger partial charge is 0.368 e. The lowest BCUT2D eigenvalue weighted by atomic mass is 10.1. The van der Waals surface area contributed by atoms with E-state index in [4.69, 9.17) is 11.3 Å². The smallest absolute Gasteiger partial charge is 0.239 e. The SMILES string of the molecule is [N-]=[N+]=NCCCNC(C(N)=O)c1cncc(Br)c1. The number of nitrogens with zero attached hydrogens (tertiary/aromatic N) is 4. The Morgan fingerprint density at radius 3 is 3.06 bits per heavy atom. The Labute approximate surface area is 113 Å². The number of amides is 1. The van der Waals surface area contributed by atoms with Crippen molar-refractivity contribution in [2.45, 2.75) is 12.5 Å². The molecule has 1 aromatic rings. The topological polar surface area (TPSA) is 117 Å². The average molecular weight is 313 g/mol. The molecule has 0 bridgehead atoms. The first-order valence-corrected chi connectivity index (χ1v) is 6.08. The molecule has 8 heteroatoms. The molecule has 1 atom stereocenters. The predicted molar refractivity (Wildman–Crippen MR) is 70.5 cm³/mol.